The van der Waals surface area contributed by atoms with E-state index in [1.807, 2.05) is 37.4 Å². The van der Waals surface area contributed by atoms with Crippen LogP contribution >= 0.6 is 23.2 Å². The zero-order valence-electron chi connectivity index (χ0n) is 17.6. The van der Waals surface area contributed by atoms with Gasteiger partial charge in [0.15, 0.2) is 0 Å². The fourth-order valence-corrected chi connectivity index (χ4v) is 4.95. The van der Waals surface area contributed by atoms with E-state index < -0.39 is 5.41 Å². The van der Waals surface area contributed by atoms with E-state index in [1.165, 1.54) is 0 Å². The van der Waals surface area contributed by atoms with Crippen molar-refractivity contribution in [3.8, 4) is 5.69 Å². The number of nitrogens with zero attached hydrogens (tertiary/aromatic N) is 3. The summed E-state index contributed by atoms with van der Waals surface area (Å²) in [6.45, 7) is 3.75. The topological polar surface area (TPSA) is 47.2 Å². The molecule has 0 amide bonds. The maximum atomic E-state index is 12.8. The van der Waals surface area contributed by atoms with Gasteiger partial charge >= 0.3 is 0 Å². The zero-order valence-corrected chi connectivity index (χ0v) is 19.2. The Balaban J connectivity index is 1.57. The molecule has 4 rings (SSSR count). The molecule has 7 heteroatoms. The molecule has 0 aliphatic carbocycles. The van der Waals surface area contributed by atoms with Gasteiger partial charge in [0.2, 0.25) is 0 Å². The maximum absolute atomic E-state index is 12.8. The molecule has 0 bridgehead atoms. The number of benzene rings is 2. The Morgan fingerprint density at radius 1 is 1.00 bits per heavy atom. The monoisotopic (exact) mass is 457 g/mol. The third-order valence-corrected chi connectivity index (χ3v) is 7.11. The molecule has 2 heterocycles. The first kappa shape index (κ1) is 21.9. The number of hydrogen-bond donors (Lipinski definition) is 0. The lowest BCUT2D eigenvalue weighted by molar-refractivity contribution is -0.124. The fraction of sp³-hybridized carbons (Fsp3) is 0.333. The van der Waals surface area contributed by atoms with Crippen LogP contribution in [0.15, 0.2) is 59.4 Å². The average molecular weight is 458 g/mol. The molecule has 0 N–H and O–H groups in total. The standard InChI is InChI=1S/C24H25Cl2N3O2/c1-17(30)24(18-6-4-3-5-7-18)12-14-28(15-13-24)16-21-22(26)23(31)29(27(21)2)20-10-8-19(25)9-11-20/h3-11H,12-16H2,1-2H3. The normalized spacial score (nSPS) is 16.4. The molecule has 2 aromatic carbocycles. The van der Waals surface area contributed by atoms with Crippen LogP contribution in [0.4, 0.5) is 0 Å². The van der Waals surface area contributed by atoms with E-state index in [4.69, 9.17) is 23.2 Å². The summed E-state index contributed by atoms with van der Waals surface area (Å²) in [7, 11) is 1.84. The second-order valence-corrected chi connectivity index (χ2v) is 8.97. The summed E-state index contributed by atoms with van der Waals surface area (Å²) in [6, 6.07) is 17.1. The van der Waals surface area contributed by atoms with Gasteiger partial charge in [0.25, 0.3) is 5.56 Å². The van der Waals surface area contributed by atoms with E-state index in [-0.39, 0.29) is 16.4 Å². The van der Waals surface area contributed by atoms with Crippen molar-refractivity contribution in [2.75, 3.05) is 13.1 Å². The Morgan fingerprint density at radius 3 is 2.19 bits per heavy atom. The molecule has 0 atom stereocenters. The second kappa shape index (κ2) is 8.65. The molecule has 0 saturated carbocycles. The Kier molecular flexibility index (Phi) is 6.11. The van der Waals surface area contributed by atoms with E-state index in [1.54, 1.807) is 40.6 Å². The van der Waals surface area contributed by atoms with Gasteiger partial charge in [-0.25, -0.2) is 4.68 Å². The van der Waals surface area contributed by atoms with Gasteiger partial charge in [-0.2, -0.15) is 0 Å². The molecular weight excluding hydrogens is 433 g/mol. The molecule has 5 nitrogen and oxygen atoms in total. The first-order chi connectivity index (χ1) is 14.8. The number of carbonyl (C=O) groups excluding carboxylic acids is 1. The van der Waals surface area contributed by atoms with Crippen LogP contribution in [0.2, 0.25) is 10.0 Å². The molecule has 1 aromatic heterocycles. The molecule has 1 saturated heterocycles. The minimum absolute atomic E-state index is 0.206. The first-order valence-electron chi connectivity index (χ1n) is 10.3. The van der Waals surface area contributed by atoms with Crippen LogP contribution in [-0.2, 0) is 23.8 Å². The van der Waals surface area contributed by atoms with E-state index in [0.717, 1.165) is 37.2 Å². The number of piperidine rings is 1. The Bertz CT molecular complexity index is 1140. The molecule has 3 aromatic rings. The van der Waals surface area contributed by atoms with Crippen molar-refractivity contribution in [2.45, 2.75) is 31.7 Å². The predicted octanol–water partition coefficient (Wildman–Crippen LogP) is 4.61. The number of rotatable bonds is 5. The Morgan fingerprint density at radius 2 is 1.61 bits per heavy atom. The van der Waals surface area contributed by atoms with Crippen LogP contribution in [0.25, 0.3) is 5.69 Å². The highest BCUT2D eigenvalue weighted by atomic mass is 35.5. The van der Waals surface area contributed by atoms with Crippen molar-refractivity contribution in [1.82, 2.24) is 14.3 Å². The molecule has 162 valence electrons. The molecule has 0 unspecified atom stereocenters. The van der Waals surface area contributed by atoms with Crippen LogP contribution in [0.1, 0.15) is 31.0 Å². The summed E-state index contributed by atoms with van der Waals surface area (Å²) < 4.78 is 3.36. The third-order valence-electron chi connectivity index (χ3n) is 6.48. The van der Waals surface area contributed by atoms with Gasteiger partial charge in [-0.1, -0.05) is 53.5 Å². The molecular formula is C24H25Cl2N3O2. The SMILES string of the molecule is CC(=O)C1(c2ccccc2)CCN(Cc2c(Cl)c(=O)n(-c3ccc(Cl)cc3)n2C)CC1. The van der Waals surface area contributed by atoms with Crippen molar-refractivity contribution >= 4 is 29.0 Å². The Hall–Kier alpha value is -2.34. The van der Waals surface area contributed by atoms with Crippen LogP contribution in [0.3, 0.4) is 0 Å². The number of ketones is 1. The summed E-state index contributed by atoms with van der Waals surface area (Å²) in [5, 5.41) is 0.835. The number of Topliss-reactive ketones (excluding diaryl/α,β-unsaturated/α-hetero) is 1. The predicted molar refractivity (Wildman–Crippen MR) is 124 cm³/mol. The highest BCUT2D eigenvalue weighted by Crippen LogP contribution is 2.37. The number of hydrogen-bond acceptors (Lipinski definition) is 3. The average Bonchev–Trinajstić information content (AvgIpc) is 2.99. The third kappa shape index (κ3) is 3.98. The molecule has 1 aliphatic rings. The van der Waals surface area contributed by atoms with Crippen molar-refractivity contribution in [3.05, 3.63) is 86.3 Å². The largest absolute Gasteiger partial charge is 0.299 e. The summed E-state index contributed by atoms with van der Waals surface area (Å²) in [5.41, 5.74) is 1.87. The van der Waals surface area contributed by atoms with E-state index >= 15 is 0 Å². The van der Waals surface area contributed by atoms with Crippen molar-refractivity contribution in [1.29, 1.82) is 0 Å². The minimum Gasteiger partial charge on any atom is -0.299 e. The van der Waals surface area contributed by atoms with E-state index in [2.05, 4.69) is 4.90 Å². The van der Waals surface area contributed by atoms with Gasteiger partial charge in [0, 0.05) is 18.6 Å². The smallest absolute Gasteiger partial charge is 0.290 e. The fourth-order valence-electron chi connectivity index (χ4n) is 4.57. The number of likely N-dealkylation sites (tertiary alicyclic amines) is 1. The van der Waals surface area contributed by atoms with E-state index in [0.29, 0.717) is 17.3 Å². The van der Waals surface area contributed by atoms with Crippen LogP contribution in [0.5, 0.6) is 0 Å². The van der Waals surface area contributed by atoms with Crippen molar-refractivity contribution < 1.29 is 4.79 Å². The summed E-state index contributed by atoms with van der Waals surface area (Å²) in [6.07, 6.45) is 1.49. The van der Waals surface area contributed by atoms with E-state index in [9.17, 15) is 9.59 Å². The Labute approximate surface area is 191 Å². The minimum atomic E-state index is -0.442. The number of aromatic nitrogens is 2. The van der Waals surface area contributed by atoms with Gasteiger partial charge in [-0.15, -0.1) is 0 Å². The van der Waals surface area contributed by atoms with Gasteiger partial charge < -0.3 is 0 Å². The van der Waals surface area contributed by atoms with Gasteiger partial charge in [0.1, 0.15) is 10.8 Å². The zero-order chi connectivity index (χ0) is 22.2. The maximum Gasteiger partial charge on any atom is 0.290 e. The lowest BCUT2D eigenvalue weighted by Gasteiger charge is -2.40. The number of carbonyl (C=O) groups is 1. The summed E-state index contributed by atoms with van der Waals surface area (Å²) in [5.74, 6) is 0.206. The molecule has 1 aliphatic heterocycles. The van der Waals surface area contributed by atoms with Crippen LogP contribution < -0.4 is 5.56 Å². The summed E-state index contributed by atoms with van der Waals surface area (Å²) >= 11 is 12.4. The first-order valence-corrected chi connectivity index (χ1v) is 11.1. The lowest BCUT2D eigenvalue weighted by atomic mass is 9.70. The van der Waals surface area contributed by atoms with Crippen molar-refractivity contribution in [2.24, 2.45) is 7.05 Å². The molecule has 31 heavy (non-hydrogen) atoms. The molecule has 0 spiro atoms. The quantitative estimate of drug-likeness (QED) is 0.561. The van der Waals surface area contributed by atoms with Crippen LogP contribution in [-0.4, -0.2) is 33.1 Å². The highest BCUT2D eigenvalue weighted by Gasteiger charge is 2.40. The number of halogens is 2. The van der Waals surface area contributed by atoms with Gasteiger partial charge in [0.05, 0.1) is 16.8 Å². The second-order valence-electron chi connectivity index (χ2n) is 8.16. The summed E-state index contributed by atoms with van der Waals surface area (Å²) in [4.78, 5) is 27.7. The lowest BCUT2D eigenvalue weighted by Crippen LogP contribution is -2.46. The molecule has 1 fully saturated rings. The highest BCUT2D eigenvalue weighted by molar-refractivity contribution is 6.31. The van der Waals surface area contributed by atoms with Gasteiger partial charge in [-0.05, 0) is 62.7 Å². The van der Waals surface area contributed by atoms with Gasteiger partial charge in [-0.3, -0.25) is 19.2 Å². The van der Waals surface area contributed by atoms with Crippen molar-refractivity contribution in [3.63, 3.8) is 0 Å². The molecule has 0 radical (unpaired) electrons. The van der Waals surface area contributed by atoms with Crippen LogP contribution in [0, 0.1) is 0 Å².